The average molecular weight is 314 g/mol. The lowest BCUT2D eigenvalue weighted by Gasteiger charge is -2.11. The Labute approximate surface area is 130 Å². The number of nitrogens with zero attached hydrogens (tertiary/aromatic N) is 3. The molecule has 0 heterocycles. The Morgan fingerprint density at radius 2 is 1.73 bits per heavy atom. The molecule has 0 aliphatic heterocycles. The van der Waals surface area contributed by atoms with E-state index in [4.69, 9.17) is 28.7 Å². The second-order valence-corrected chi connectivity index (χ2v) is 4.73. The lowest BCUT2D eigenvalue weighted by molar-refractivity contribution is 0.588. The van der Waals surface area contributed by atoms with Gasteiger partial charge < -0.3 is 0 Å². The Bertz CT molecular complexity index is 869. The zero-order valence-corrected chi connectivity index (χ0v) is 11.7. The number of nitriles is 2. The summed E-state index contributed by atoms with van der Waals surface area (Å²) < 4.78 is 27.9. The van der Waals surface area contributed by atoms with Crippen LogP contribution in [0.4, 0.5) is 14.5 Å². The summed E-state index contributed by atoms with van der Waals surface area (Å²) in [6.45, 7) is 6.78. The number of hydrogen-bond acceptors (Lipinski definition) is 2. The van der Waals surface area contributed by atoms with Crippen molar-refractivity contribution in [2.75, 3.05) is 0 Å². The van der Waals surface area contributed by atoms with Gasteiger partial charge in [-0.15, -0.1) is 0 Å². The minimum Gasteiger partial charge on any atom is -0.232 e. The van der Waals surface area contributed by atoms with Crippen LogP contribution in [0.25, 0.3) is 4.85 Å². The van der Waals surface area contributed by atoms with Gasteiger partial charge in [0.2, 0.25) is 0 Å². The van der Waals surface area contributed by atoms with Gasteiger partial charge >= 0.3 is 0 Å². The van der Waals surface area contributed by atoms with Crippen molar-refractivity contribution in [1.29, 1.82) is 10.5 Å². The third-order valence-corrected chi connectivity index (χ3v) is 3.48. The van der Waals surface area contributed by atoms with Crippen molar-refractivity contribution in [3.63, 3.8) is 0 Å². The Kier molecular flexibility index (Phi) is 4.37. The number of rotatable bonds is 2. The van der Waals surface area contributed by atoms with Crippen LogP contribution in [0, 0.1) is 40.9 Å². The molecule has 0 atom stereocenters. The van der Waals surface area contributed by atoms with Crippen LogP contribution < -0.4 is 0 Å². The molecule has 2 rings (SSSR count). The standard InChI is InChI=1S/C16H6ClF2N3/c1-22-16-14(18)12(8-21)11(13(17)15(16)19)6-9-2-4-10(7-20)5-3-9/h2-5H,6H2. The molecule has 0 unspecified atom stereocenters. The summed E-state index contributed by atoms with van der Waals surface area (Å²) in [5, 5.41) is 17.4. The molecule has 0 radical (unpaired) electrons. The molecule has 2 aromatic rings. The Morgan fingerprint density at radius 1 is 1.09 bits per heavy atom. The van der Waals surface area contributed by atoms with Gasteiger partial charge in [-0.3, -0.25) is 0 Å². The van der Waals surface area contributed by atoms with E-state index in [2.05, 4.69) is 4.85 Å². The van der Waals surface area contributed by atoms with Crippen LogP contribution in [0.1, 0.15) is 22.3 Å². The first-order valence-electron chi connectivity index (χ1n) is 5.99. The van der Waals surface area contributed by atoms with E-state index in [1.165, 1.54) is 0 Å². The van der Waals surface area contributed by atoms with Crippen LogP contribution in [-0.4, -0.2) is 0 Å². The molecule has 0 amide bonds. The highest BCUT2D eigenvalue weighted by atomic mass is 35.5. The van der Waals surface area contributed by atoms with E-state index in [0.717, 1.165) is 0 Å². The molecule has 6 heteroatoms. The first-order valence-corrected chi connectivity index (χ1v) is 6.37. The molecule has 0 bridgehead atoms. The smallest absolute Gasteiger partial charge is 0.232 e. The summed E-state index contributed by atoms with van der Waals surface area (Å²) in [5.74, 6) is -2.38. The number of hydrogen-bond donors (Lipinski definition) is 0. The second-order valence-electron chi connectivity index (χ2n) is 4.35. The molecule has 22 heavy (non-hydrogen) atoms. The zero-order valence-electron chi connectivity index (χ0n) is 11.0. The maximum absolute atomic E-state index is 14.0. The first-order chi connectivity index (χ1) is 10.5. The van der Waals surface area contributed by atoms with Crippen LogP contribution in [0.2, 0.25) is 5.02 Å². The van der Waals surface area contributed by atoms with E-state index < -0.39 is 27.9 Å². The second kappa shape index (κ2) is 6.22. The van der Waals surface area contributed by atoms with Crippen molar-refractivity contribution < 1.29 is 8.78 Å². The fraction of sp³-hybridized carbons (Fsp3) is 0.0625. The van der Waals surface area contributed by atoms with E-state index in [0.29, 0.717) is 11.1 Å². The lowest BCUT2D eigenvalue weighted by atomic mass is 9.98. The van der Waals surface area contributed by atoms with Crippen molar-refractivity contribution in [1.82, 2.24) is 0 Å². The predicted molar refractivity (Wildman–Crippen MR) is 76.3 cm³/mol. The first kappa shape index (κ1) is 15.4. The maximum Gasteiger partial charge on any atom is 0.259 e. The molecule has 106 valence electrons. The zero-order chi connectivity index (χ0) is 16.3. The molecule has 0 aliphatic rings. The summed E-state index contributed by atoms with van der Waals surface area (Å²) in [6.07, 6.45) is 0.0134. The van der Waals surface area contributed by atoms with Crippen molar-refractivity contribution >= 4 is 17.3 Å². The third kappa shape index (κ3) is 2.61. The van der Waals surface area contributed by atoms with Crippen LogP contribution in [0.15, 0.2) is 24.3 Å². The third-order valence-electron chi connectivity index (χ3n) is 3.08. The van der Waals surface area contributed by atoms with Gasteiger partial charge in [-0.1, -0.05) is 23.7 Å². The fourth-order valence-corrected chi connectivity index (χ4v) is 2.23. The van der Waals surface area contributed by atoms with Gasteiger partial charge in [0.25, 0.3) is 5.69 Å². The van der Waals surface area contributed by atoms with E-state index >= 15 is 0 Å². The molecule has 0 aromatic heterocycles. The highest BCUT2D eigenvalue weighted by Gasteiger charge is 2.23. The molecule has 2 aromatic carbocycles. The summed E-state index contributed by atoms with van der Waals surface area (Å²) >= 11 is 5.85. The predicted octanol–water partition coefficient (Wildman–Crippen LogP) is 4.50. The van der Waals surface area contributed by atoms with Gasteiger partial charge in [0, 0.05) is 6.42 Å². The fourth-order valence-electron chi connectivity index (χ4n) is 1.98. The summed E-state index contributed by atoms with van der Waals surface area (Å²) in [4.78, 5) is 2.74. The maximum atomic E-state index is 14.0. The van der Waals surface area contributed by atoms with E-state index in [9.17, 15) is 8.78 Å². The van der Waals surface area contributed by atoms with Crippen molar-refractivity contribution in [2.45, 2.75) is 6.42 Å². The summed E-state index contributed by atoms with van der Waals surface area (Å²) in [5.41, 5.74) is -0.272. The van der Waals surface area contributed by atoms with Gasteiger partial charge in [0.05, 0.1) is 28.8 Å². The quantitative estimate of drug-likeness (QED) is 0.605. The van der Waals surface area contributed by atoms with Gasteiger partial charge in [0.1, 0.15) is 6.07 Å². The average Bonchev–Trinajstić information content (AvgIpc) is 2.54. The molecule has 0 fully saturated rings. The van der Waals surface area contributed by atoms with Gasteiger partial charge in [-0.05, 0) is 23.3 Å². The Balaban J connectivity index is 2.58. The lowest BCUT2D eigenvalue weighted by Crippen LogP contribution is -2.01. The Hall–Kier alpha value is -2.94. The number of halogens is 3. The normalized spacial score (nSPS) is 9.64. The van der Waals surface area contributed by atoms with E-state index in [1.54, 1.807) is 30.3 Å². The monoisotopic (exact) mass is 313 g/mol. The van der Waals surface area contributed by atoms with Crippen molar-refractivity contribution in [2.24, 2.45) is 0 Å². The summed E-state index contributed by atoms with van der Waals surface area (Å²) in [7, 11) is 0. The highest BCUT2D eigenvalue weighted by Crippen LogP contribution is 2.36. The Morgan fingerprint density at radius 3 is 2.23 bits per heavy atom. The summed E-state index contributed by atoms with van der Waals surface area (Å²) in [6, 6.07) is 9.90. The van der Waals surface area contributed by atoms with Crippen LogP contribution in [-0.2, 0) is 6.42 Å². The van der Waals surface area contributed by atoms with Gasteiger partial charge in [0.15, 0.2) is 11.6 Å². The van der Waals surface area contributed by atoms with Crippen molar-refractivity contribution in [3.05, 3.63) is 74.6 Å². The minimum absolute atomic E-state index is 0.0134. The largest absolute Gasteiger partial charge is 0.259 e. The molecule has 3 nitrogen and oxygen atoms in total. The van der Waals surface area contributed by atoms with Gasteiger partial charge in [-0.25, -0.2) is 13.6 Å². The topological polar surface area (TPSA) is 51.9 Å². The van der Waals surface area contributed by atoms with Crippen LogP contribution in [0.5, 0.6) is 0 Å². The molecule has 0 N–H and O–H groups in total. The highest BCUT2D eigenvalue weighted by molar-refractivity contribution is 6.32. The van der Waals surface area contributed by atoms with E-state index in [-0.39, 0.29) is 12.0 Å². The molecular weight excluding hydrogens is 308 g/mol. The van der Waals surface area contributed by atoms with Crippen LogP contribution in [0.3, 0.4) is 0 Å². The molecule has 0 saturated carbocycles. The van der Waals surface area contributed by atoms with Crippen LogP contribution >= 0.6 is 11.6 Å². The number of benzene rings is 2. The minimum atomic E-state index is -1.21. The van der Waals surface area contributed by atoms with Gasteiger partial charge in [-0.2, -0.15) is 10.5 Å². The van der Waals surface area contributed by atoms with Crippen molar-refractivity contribution in [3.8, 4) is 12.1 Å². The molecule has 0 aliphatic carbocycles. The van der Waals surface area contributed by atoms with E-state index in [1.807, 2.05) is 6.07 Å². The molecular formula is C16H6ClF2N3. The SMILES string of the molecule is [C-]#[N+]c1c(F)c(Cl)c(Cc2ccc(C#N)cc2)c(C#N)c1F. The molecule has 0 spiro atoms. The molecule has 0 saturated heterocycles.